The number of aryl methyl sites for hydroxylation is 1. The molecule has 1 amide bonds. The van der Waals surface area contributed by atoms with E-state index in [1.807, 2.05) is 12.1 Å². The van der Waals surface area contributed by atoms with Crippen molar-refractivity contribution < 1.29 is 24.5 Å². The van der Waals surface area contributed by atoms with Gasteiger partial charge in [-0.15, -0.1) is 0 Å². The van der Waals surface area contributed by atoms with Crippen molar-refractivity contribution in [1.29, 1.82) is 0 Å². The fourth-order valence-electron chi connectivity index (χ4n) is 3.77. The molecule has 0 spiro atoms. The van der Waals surface area contributed by atoms with Crippen LogP contribution >= 0.6 is 0 Å². The largest absolute Gasteiger partial charge is 0.482 e. The molecule has 8 nitrogen and oxygen atoms in total. The summed E-state index contributed by atoms with van der Waals surface area (Å²) in [5.41, 5.74) is 4.99. The molecule has 1 aliphatic heterocycles. The Balaban J connectivity index is 1.71. The SMILES string of the molecule is Cc1cc(OCC(=O)O)ccc1N(C(=O)O)c1ccc2c3c([nH]c2c1)CNCC3. The number of aromatic nitrogens is 1. The molecule has 8 heteroatoms. The van der Waals surface area contributed by atoms with Crippen molar-refractivity contribution in [3.05, 3.63) is 53.2 Å². The van der Waals surface area contributed by atoms with Gasteiger partial charge in [0.25, 0.3) is 0 Å². The number of fused-ring (bicyclic) bond motifs is 3. The van der Waals surface area contributed by atoms with E-state index in [4.69, 9.17) is 9.84 Å². The van der Waals surface area contributed by atoms with Crippen LogP contribution in [0.2, 0.25) is 0 Å². The number of ether oxygens (including phenoxy) is 1. The minimum absolute atomic E-state index is 0.374. The number of hydrogen-bond donors (Lipinski definition) is 4. The van der Waals surface area contributed by atoms with Gasteiger partial charge in [0.15, 0.2) is 6.61 Å². The second-order valence-corrected chi connectivity index (χ2v) is 6.99. The quantitative estimate of drug-likeness (QED) is 0.526. The molecule has 29 heavy (non-hydrogen) atoms. The first kappa shape index (κ1) is 18.8. The number of amides is 1. The second-order valence-electron chi connectivity index (χ2n) is 6.99. The van der Waals surface area contributed by atoms with E-state index in [2.05, 4.69) is 10.3 Å². The van der Waals surface area contributed by atoms with Crippen LogP contribution in [0, 0.1) is 6.92 Å². The maximum atomic E-state index is 12.1. The molecule has 0 unspecified atom stereocenters. The Hall–Kier alpha value is -3.52. The highest BCUT2D eigenvalue weighted by Crippen LogP contribution is 2.34. The number of H-pyrrole nitrogens is 1. The monoisotopic (exact) mass is 395 g/mol. The van der Waals surface area contributed by atoms with Crippen LogP contribution in [-0.4, -0.2) is 40.4 Å². The number of carboxylic acids is 1. The molecule has 0 fully saturated rings. The lowest BCUT2D eigenvalue weighted by Gasteiger charge is -2.22. The van der Waals surface area contributed by atoms with Crippen molar-refractivity contribution in [3.8, 4) is 5.75 Å². The van der Waals surface area contributed by atoms with E-state index in [0.29, 0.717) is 22.7 Å². The molecule has 0 saturated heterocycles. The molecule has 1 aliphatic rings. The van der Waals surface area contributed by atoms with Gasteiger partial charge in [0.2, 0.25) is 0 Å². The molecule has 0 atom stereocenters. The maximum absolute atomic E-state index is 12.1. The summed E-state index contributed by atoms with van der Waals surface area (Å²) in [5.74, 6) is -0.699. The Labute approximate surface area is 166 Å². The van der Waals surface area contributed by atoms with Crippen LogP contribution in [-0.2, 0) is 17.8 Å². The smallest absolute Gasteiger partial charge is 0.416 e. The molecule has 3 aromatic rings. The van der Waals surface area contributed by atoms with Gasteiger partial charge in [0.05, 0.1) is 11.4 Å². The summed E-state index contributed by atoms with van der Waals surface area (Å²) < 4.78 is 5.18. The molecular weight excluding hydrogens is 374 g/mol. The first-order chi connectivity index (χ1) is 13.9. The maximum Gasteiger partial charge on any atom is 0.416 e. The topological polar surface area (TPSA) is 115 Å². The molecule has 2 heterocycles. The number of anilines is 2. The summed E-state index contributed by atoms with van der Waals surface area (Å²) >= 11 is 0. The molecule has 0 aliphatic carbocycles. The Bertz CT molecular complexity index is 1110. The number of aliphatic carboxylic acids is 1. The minimum Gasteiger partial charge on any atom is -0.482 e. The summed E-state index contributed by atoms with van der Waals surface area (Å²) in [5, 5.41) is 23.1. The number of rotatable bonds is 5. The zero-order valence-electron chi connectivity index (χ0n) is 15.9. The van der Waals surface area contributed by atoms with Crippen LogP contribution in [0.5, 0.6) is 5.75 Å². The van der Waals surface area contributed by atoms with E-state index in [1.165, 1.54) is 10.5 Å². The van der Waals surface area contributed by atoms with Gasteiger partial charge in [-0.2, -0.15) is 0 Å². The van der Waals surface area contributed by atoms with Crippen molar-refractivity contribution in [1.82, 2.24) is 10.3 Å². The van der Waals surface area contributed by atoms with Crippen molar-refractivity contribution >= 4 is 34.3 Å². The second kappa shape index (κ2) is 7.48. The zero-order chi connectivity index (χ0) is 20.5. The number of aromatic amines is 1. The summed E-state index contributed by atoms with van der Waals surface area (Å²) in [4.78, 5) is 27.4. The molecule has 0 saturated carbocycles. The standard InChI is InChI=1S/C21H21N3O5/c1-12-8-14(29-11-20(25)26)3-5-19(12)24(21(27)28)13-2-4-15-16-6-7-22-10-18(16)23-17(15)9-13/h2-5,8-9,22-23H,6-7,10-11H2,1H3,(H,25,26)(H,27,28). The summed E-state index contributed by atoms with van der Waals surface area (Å²) in [6, 6.07) is 10.4. The first-order valence-electron chi connectivity index (χ1n) is 9.26. The lowest BCUT2D eigenvalue weighted by atomic mass is 10.0. The molecule has 2 aromatic carbocycles. The van der Waals surface area contributed by atoms with Crippen LogP contribution in [0.1, 0.15) is 16.8 Å². The Morgan fingerprint density at radius 1 is 1.17 bits per heavy atom. The van der Waals surface area contributed by atoms with E-state index < -0.39 is 18.7 Å². The molecule has 0 bridgehead atoms. The predicted octanol–water partition coefficient (Wildman–Crippen LogP) is 3.40. The van der Waals surface area contributed by atoms with Gasteiger partial charge in [-0.25, -0.2) is 14.5 Å². The van der Waals surface area contributed by atoms with E-state index in [0.717, 1.165) is 36.1 Å². The molecular formula is C21H21N3O5. The Kier molecular flexibility index (Phi) is 4.85. The van der Waals surface area contributed by atoms with Gasteiger partial charge >= 0.3 is 12.1 Å². The molecule has 150 valence electrons. The number of benzene rings is 2. The number of carboxylic acid groups (broad SMARTS) is 2. The third-order valence-corrected chi connectivity index (χ3v) is 5.05. The minimum atomic E-state index is -1.11. The molecule has 4 N–H and O–H groups in total. The molecule has 4 rings (SSSR count). The van der Waals surface area contributed by atoms with E-state index in [9.17, 15) is 14.7 Å². The van der Waals surface area contributed by atoms with Crippen LogP contribution in [0.15, 0.2) is 36.4 Å². The fourth-order valence-corrected chi connectivity index (χ4v) is 3.77. The Morgan fingerprint density at radius 3 is 2.72 bits per heavy atom. The summed E-state index contributed by atoms with van der Waals surface area (Å²) in [6.45, 7) is 3.01. The average molecular weight is 395 g/mol. The highest BCUT2D eigenvalue weighted by Gasteiger charge is 2.21. The molecule has 0 radical (unpaired) electrons. The third kappa shape index (κ3) is 3.62. The number of nitrogens with one attached hydrogen (secondary N) is 2. The van der Waals surface area contributed by atoms with Gasteiger partial charge in [-0.1, -0.05) is 6.07 Å². The highest BCUT2D eigenvalue weighted by atomic mass is 16.5. The van der Waals surface area contributed by atoms with Crippen LogP contribution in [0.4, 0.5) is 16.2 Å². The lowest BCUT2D eigenvalue weighted by molar-refractivity contribution is -0.139. The highest BCUT2D eigenvalue weighted by molar-refractivity contribution is 5.99. The van der Waals surface area contributed by atoms with Gasteiger partial charge in [0, 0.05) is 23.1 Å². The zero-order valence-corrected chi connectivity index (χ0v) is 15.9. The van der Waals surface area contributed by atoms with Gasteiger partial charge in [0.1, 0.15) is 5.75 Å². The summed E-state index contributed by atoms with van der Waals surface area (Å²) in [7, 11) is 0. The van der Waals surface area contributed by atoms with Crippen molar-refractivity contribution in [2.75, 3.05) is 18.1 Å². The number of hydrogen-bond acceptors (Lipinski definition) is 4. The van der Waals surface area contributed by atoms with E-state index in [-0.39, 0.29) is 0 Å². The average Bonchev–Trinajstić information content (AvgIpc) is 3.05. The Morgan fingerprint density at radius 2 is 2.00 bits per heavy atom. The van der Waals surface area contributed by atoms with E-state index >= 15 is 0 Å². The van der Waals surface area contributed by atoms with Gasteiger partial charge in [-0.3, -0.25) is 0 Å². The first-order valence-corrected chi connectivity index (χ1v) is 9.26. The fraction of sp³-hybridized carbons (Fsp3) is 0.238. The van der Waals surface area contributed by atoms with E-state index in [1.54, 1.807) is 31.2 Å². The van der Waals surface area contributed by atoms with Crippen molar-refractivity contribution in [3.63, 3.8) is 0 Å². The van der Waals surface area contributed by atoms with Gasteiger partial charge < -0.3 is 25.3 Å². The third-order valence-electron chi connectivity index (χ3n) is 5.05. The van der Waals surface area contributed by atoms with Gasteiger partial charge in [-0.05, 0) is 61.3 Å². The normalized spacial score (nSPS) is 13.1. The lowest BCUT2D eigenvalue weighted by Crippen LogP contribution is -2.24. The predicted molar refractivity (Wildman–Crippen MR) is 108 cm³/mol. The number of nitrogens with zero attached hydrogens (tertiary/aromatic N) is 1. The van der Waals surface area contributed by atoms with Crippen LogP contribution in [0.3, 0.4) is 0 Å². The van der Waals surface area contributed by atoms with Crippen LogP contribution < -0.4 is 15.0 Å². The van der Waals surface area contributed by atoms with Crippen LogP contribution in [0.25, 0.3) is 10.9 Å². The molecule has 1 aromatic heterocycles. The van der Waals surface area contributed by atoms with Crippen molar-refractivity contribution in [2.24, 2.45) is 0 Å². The van der Waals surface area contributed by atoms with Crippen molar-refractivity contribution in [2.45, 2.75) is 19.9 Å². The number of carbonyl (C=O) groups is 2. The summed E-state index contributed by atoms with van der Waals surface area (Å²) in [6.07, 6.45) is -0.168.